The van der Waals surface area contributed by atoms with E-state index in [1.54, 1.807) is 6.92 Å². The second-order valence-corrected chi connectivity index (χ2v) is 5.58. The van der Waals surface area contributed by atoms with Gasteiger partial charge in [-0.3, -0.25) is 4.79 Å². The second kappa shape index (κ2) is 4.25. The summed E-state index contributed by atoms with van der Waals surface area (Å²) < 4.78 is 4.36. The quantitative estimate of drug-likeness (QED) is 0.884. The summed E-state index contributed by atoms with van der Waals surface area (Å²) >= 11 is 1.44. The van der Waals surface area contributed by atoms with E-state index in [1.807, 2.05) is 4.90 Å². The van der Waals surface area contributed by atoms with Crippen LogP contribution in [0.1, 0.15) is 37.9 Å². The third kappa shape index (κ3) is 2.41. The van der Waals surface area contributed by atoms with Gasteiger partial charge in [-0.25, -0.2) is 4.98 Å². The van der Waals surface area contributed by atoms with Crippen molar-refractivity contribution in [2.75, 3.05) is 18.4 Å². The monoisotopic (exact) mass is 252 g/mol. The molecule has 0 aromatic carbocycles. The first-order valence-corrected chi connectivity index (χ1v) is 6.85. The summed E-state index contributed by atoms with van der Waals surface area (Å²) in [6, 6.07) is 0.332. The zero-order chi connectivity index (χ0) is 11.8. The minimum absolute atomic E-state index is 0.158. The topological polar surface area (TPSA) is 58.1 Å². The Morgan fingerprint density at radius 3 is 2.94 bits per heavy atom. The van der Waals surface area contributed by atoms with Crippen LogP contribution < -0.4 is 5.32 Å². The molecule has 3 rings (SSSR count). The molecule has 92 valence electrons. The molecule has 5 nitrogen and oxygen atoms in total. The molecule has 2 fully saturated rings. The summed E-state index contributed by atoms with van der Waals surface area (Å²) in [7, 11) is 0. The predicted octanol–water partition coefficient (Wildman–Crippen LogP) is 1.45. The normalized spacial score (nSPS) is 24.1. The van der Waals surface area contributed by atoms with Crippen molar-refractivity contribution < 1.29 is 4.79 Å². The lowest BCUT2D eigenvalue weighted by Crippen LogP contribution is -2.29. The van der Waals surface area contributed by atoms with E-state index in [4.69, 9.17) is 0 Å². The van der Waals surface area contributed by atoms with Crippen LogP contribution in [0.25, 0.3) is 0 Å². The molecule has 1 saturated heterocycles. The van der Waals surface area contributed by atoms with Crippen molar-refractivity contribution in [2.45, 2.75) is 38.1 Å². The molecule has 0 bridgehead atoms. The molecule has 1 unspecified atom stereocenters. The highest BCUT2D eigenvalue weighted by atomic mass is 32.1. The Balaban J connectivity index is 1.57. The molecule has 1 aromatic rings. The summed E-state index contributed by atoms with van der Waals surface area (Å²) in [6.07, 6.45) is 3.47. The van der Waals surface area contributed by atoms with Gasteiger partial charge in [-0.2, -0.15) is 4.37 Å². The zero-order valence-corrected chi connectivity index (χ0v) is 10.7. The molecule has 1 saturated carbocycles. The molecule has 2 aliphatic rings. The van der Waals surface area contributed by atoms with Crippen LogP contribution in [0.3, 0.4) is 0 Å². The lowest BCUT2D eigenvalue weighted by Gasteiger charge is -2.14. The highest BCUT2D eigenvalue weighted by Crippen LogP contribution is 2.39. The molecule has 1 aliphatic carbocycles. The molecule has 0 radical (unpaired) electrons. The number of rotatable bonds is 3. The van der Waals surface area contributed by atoms with Crippen LogP contribution in [0.4, 0.5) is 5.13 Å². The van der Waals surface area contributed by atoms with E-state index >= 15 is 0 Å². The van der Waals surface area contributed by atoms with Gasteiger partial charge >= 0.3 is 0 Å². The average molecular weight is 252 g/mol. The predicted molar refractivity (Wildman–Crippen MR) is 66.2 cm³/mol. The molecule has 17 heavy (non-hydrogen) atoms. The Kier molecular flexibility index (Phi) is 2.74. The smallest absolute Gasteiger partial charge is 0.219 e. The van der Waals surface area contributed by atoms with Crippen molar-refractivity contribution in [3.05, 3.63) is 5.82 Å². The molecule has 0 spiro atoms. The van der Waals surface area contributed by atoms with Gasteiger partial charge in [0.25, 0.3) is 0 Å². The Bertz CT molecular complexity index is 429. The van der Waals surface area contributed by atoms with E-state index in [9.17, 15) is 4.79 Å². The lowest BCUT2D eigenvalue weighted by atomic mass is 10.3. The molecule has 1 aliphatic heterocycles. The summed E-state index contributed by atoms with van der Waals surface area (Å²) in [4.78, 5) is 17.6. The third-order valence-electron chi connectivity index (χ3n) is 3.35. The van der Waals surface area contributed by atoms with Gasteiger partial charge in [-0.05, 0) is 19.3 Å². The average Bonchev–Trinajstić information content (AvgIpc) is 2.87. The minimum Gasteiger partial charge on any atom is -0.356 e. The molecular formula is C11H16N4OS. The highest BCUT2D eigenvalue weighted by molar-refractivity contribution is 7.09. The van der Waals surface area contributed by atoms with Gasteiger partial charge in [0, 0.05) is 43.5 Å². The Hall–Kier alpha value is -1.17. The van der Waals surface area contributed by atoms with Gasteiger partial charge in [0.1, 0.15) is 5.82 Å². The maximum Gasteiger partial charge on any atom is 0.219 e. The van der Waals surface area contributed by atoms with Crippen molar-refractivity contribution in [2.24, 2.45) is 0 Å². The number of amides is 1. The second-order valence-electron chi connectivity index (χ2n) is 4.83. The number of likely N-dealkylation sites (tertiary alicyclic amines) is 1. The number of anilines is 1. The van der Waals surface area contributed by atoms with Gasteiger partial charge in [0.15, 0.2) is 0 Å². The molecule has 1 amide bonds. The third-order valence-corrected chi connectivity index (χ3v) is 4.01. The van der Waals surface area contributed by atoms with Gasteiger partial charge < -0.3 is 10.2 Å². The Morgan fingerprint density at radius 1 is 1.47 bits per heavy atom. The number of carbonyl (C=O) groups excluding carboxylic acids is 1. The molecular weight excluding hydrogens is 236 g/mol. The van der Waals surface area contributed by atoms with Crippen LogP contribution in [0, 0.1) is 0 Å². The van der Waals surface area contributed by atoms with Gasteiger partial charge in [0.2, 0.25) is 11.0 Å². The van der Waals surface area contributed by atoms with Crippen molar-refractivity contribution in [3.8, 4) is 0 Å². The van der Waals surface area contributed by atoms with E-state index in [0.717, 1.165) is 30.5 Å². The molecule has 2 heterocycles. The summed E-state index contributed by atoms with van der Waals surface area (Å²) in [6.45, 7) is 3.26. The largest absolute Gasteiger partial charge is 0.356 e. The first kappa shape index (κ1) is 11.0. The van der Waals surface area contributed by atoms with E-state index in [1.165, 1.54) is 24.4 Å². The zero-order valence-electron chi connectivity index (χ0n) is 9.85. The van der Waals surface area contributed by atoms with E-state index < -0.39 is 0 Å². The van der Waals surface area contributed by atoms with Crippen LogP contribution in [-0.2, 0) is 4.79 Å². The fraction of sp³-hybridized carbons (Fsp3) is 0.727. The first-order valence-electron chi connectivity index (χ1n) is 6.08. The Morgan fingerprint density at radius 2 is 2.29 bits per heavy atom. The minimum atomic E-state index is 0.158. The van der Waals surface area contributed by atoms with E-state index in [0.29, 0.717) is 12.0 Å². The number of carbonyl (C=O) groups is 1. The first-order chi connectivity index (χ1) is 8.22. The fourth-order valence-corrected chi connectivity index (χ4v) is 2.86. The van der Waals surface area contributed by atoms with Crippen molar-refractivity contribution >= 4 is 22.6 Å². The lowest BCUT2D eigenvalue weighted by molar-refractivity contribution is -0.127. The van der Waals surface area contributed by atoms with Crippen molar-refractivity contribution in [1.29, 1.82) is 0 Å². The number of nitrogens with zero attached hydrogens (tertiary/aromatic N) is 3. The molecule has 1 N–H and O–H groups in total. The van der Waals surface area contributed by atoms with Gasteiger partial charge in [0.05, 0.1) is 0 Å². The highest BCUT2D eigenvalue weighted by Gasteiger charge is 2.29. The van der Waals surface area contributed by atoms with Gasteiger partial charge in [-0.15, -0.1) is 0 Å². The van der Waals surface area contributed by atoms with Crippen LogP contribution in [-0.4, -0.2) is 39.3 Å². The van der Waals surface area contributed by atoms with Gasteiger partial charge in [-0.1, -0.05) is 0 Å². The molecule has 1 aromatic heterocycles. The fourth-order valence-electron chi connectivity index (χ4n) is 2.14. The Labute approximate surface area is 104 Å². The summed E-state index contributed by atoms with van der Waals surface area (Å²) in [5, 5.41) is 4.28. The van der Waals surface area contributed by atoms with Crippen LogP contribution in [0.15, 0.2) is 0 Å². The number of aromatic nitrogens is 2. The SMILES string of the molecule is CC(=O)N1CCC(Nc2nc(C3CC3)ns2)C1. The maximum atomic E-state index is 11.2. The van der Waals surface area contributed by atoms with E-state index in [-0.39, 0.29) is 5.91 Å². The van der Waals surface area contributed by atoms with Crippen molar-refractivity contribution in [3.63, 3.8) is 0 Å². The maximum absolute atomic E-state index is 11.2. The summed E-state index contributed by atoms with van der Waals surface area (Å²) in [5.41, 5.74) is 0. The van der Waals surface area contributed by atoms with Crippen LogP contribution in [0.2, 0.25) is 0 Å². The van der Waals surface area contributed by atoms with E-state index in [2.05, 4.69) is 14.7 Å². The standard InChI is InChI=1S/C11H16N4OS/c1-7(16)15-5-4-9(6-15)12-11-13-10(14-17-11)8-2-3-8/h8-9H,2-6H2,1H3,(H,12,13,14). The molecule has 1 atom stereocenters. The van der Waals surface area contributed by atoms with Crippen LogP contribution >= 0.6 is 11.5 Å². The molecule has 6 heteroatoms. The number of hydrogen-bond donors (Lipinski definition) is 1. The number of hydrogen-bond acceptors (Lipinski definition) is 5. The van der Waals surface area contributed by atoms with Crippen molar-refractivity contribution in [1.82, 2.24) is 14.3 Å². The van der Waals surface area contributed by atoms with Crippen LogP contribution in [0.5, 0.6) is 0 Å². The number of nitrogens with one attached hydrogen (secondary N) is 1. The summed E-state index contributed by atoms with van der Waals surface area (Å²) in [5.74, 6) is 1.77.